The van der Waals surface area contributed by atoms with Crippen molar-refractivity contribution >= 4 is 27.3 Å². The van der Waals surface area contributed by atoms with Gasteiger partial charge in [0.05, 0.1) is 11.5 Å². The third kappa shape index (κ3) is 4.00. The van der Waals surface area contributed by atoms with E-state index in [1.165, 1.54) is 5.69 Å². The molecule has 2 aliphatic rings. The minimum atomic E-state index is -2.91. The highest BCUT2D eigenvalue weighted by Gasteiger charge is 2.31. The maximum Gasteiger partial charge on any atom is 0.227 e. The van der Waals surface area contributed by atoms with E-state index >= 15 is 0 Å². The summed E-state index contributed by atoms with van der Waals surface area (Å²) in [4.78, 5) is 15.7. The van der Waals surface area contributed by atoms with Crippen LogP contribution in [0, 0.1) is 0 Å². The standard InChI is InChI=1S/C19H25N5O2S/c1-22(17-8-14-27(25,26)15-17)18-7-9-20-19(21-18)24-12-10-23(11-13-24)16-5-3-2-4-6-16/h2-7,9,17H,8,10-15H2,1H3. The van der Waals surface area contributed by atoms with E-state index in [0.29, 0.717) is 12.4 Å². The Labute approximate surface area is 160 Å². The average Bonchev–Trinajstić information content (AvgIpc) is 3.08. The van der Waals surface area contributed by atoms with E-state index in [-0.39, 0.29) is 17.5 Å². The van der Waals surface area contributed by atoms with Gasteiger partial charge in [-0.05, 0) is 24.6 Å². The van der Waals surface area contributed by atoms with Crippen LogP contribution in [0.25, 0.3) is 0 Å². The van der Waals surface area contributed by atoms with Gasteiger partial charge in [0, 0.05) is 51.2 Å². The molecule has 0 spiro atoms. The van der Waals surface area contributed by atoms with Crippen LogP contribution in [-0.2, 0) is 9.84 Å². The Bertz CT molecular complexity index is 882. The van der Waals surface area contributed by atoms with Gasteiger partial charge in [-0.3, -0.25) is 0 Å². The molecule has 0 N–H and O–H groups in total. The van der Waals surface area contributed by atoms with Gasteiger partial charge >= 0.3 is 0 Å². The zero-order valence-corrected chi connectivity index (χ0v) is 16.3. The summed E-state index contributed by atoms with van der Waals surface area (Å²) in [5, 5.41) is 0. The van der Waals surface area contributed by atoms with Gasteiger partial charge in [0.2, 0.25) is 5.95 Å². The van der Waals surface area contributed by atoms with Gasteiger partial charge in [0.15, 0.2) is 9.84 Å². The van der Waals surface area contributed by atoms with Crippen LogP contribution in [0.3, 0.4) is 0 Å². The number of hydrogen-bond donors (Lipinski definition) is 0. The Hall–Kier alpha value is -2.35. The van der Waals surface area contributed by atoms with Crippen LogP contribution in [0.4, 0.5) is 17.5 Å². The van der Waals surface area contributed by atoms with Gasteiger partial charge in [0.1, 0.15) is 5.82 Å². The van der Waals surface area contributed by atoms with Crippen LogP contribution < -0.4 is 14.7 Å². The molecule has 1 aromatic carbocycles. The normalized spacial score (nSPS) is 22.0. The van der Waals surface area contributed by atoms with Crippen LogP contribution in [0.15, 0.2) is 42.6 Å². The topological polar surface area (TPSA) is 69.6 Å². The van der Waals surface area contributed by atoms with Gasteiger partial charge in [0.25, 0.3) is 0 Å². The maximum absolute atomic E-state index is 11.8. The summed E-state index contributed by atoms with van der Waals surface area (Å²) in [6.07, 6.45) is 2.43. The number of rotatable bonds is 4. The first-order chi connectivity index (χ1) is 13.0. The van der Waals surface area contributed by atoms with E-state index in [4.69, 9.17) is 4.98 Å². The number of piperazine rings is 1. The van der Waals surface area contributed by atoms with E-state index in [1.54, 1.807) is 6.20 Å². The molecule has 1 atom stereocenters. The number of anilines is 3. The summed E-state index contributed by atoms with van der Waals surface area (Å²) >= 11 is 0. The number of sulfone groups is 1. The second-order valence-electron chi connectivity index (χ2n) is 7.19. The summed E-state index contributed by atoms with van der Waals surface area (Å²) < 4.78 is 23.5. The predicted octanol–water partition coefficient (Wildman–Crippen LogP) is 1.43. The number of benzene rings is 1. The third-order valence-electron chi connectivity index (χ3n) is 5.43. The molecule has 27 heavy (non-hydrogen) atoms. The fourth-order valence-corrected chi connectivity index (χ4v) is 5.53. The average molecular weight is 388 g/mol. The molecule has 3 heterocycles. The van der Waals surface area contributed by atoms with Crippen molar-refractivity contribution in [2.24, 2.45) is 0 Å². The molecule has 0 amide bonds. The molecule has 2 aliphatic heterocycles. The molecule has 2 saturated heterocycles. The summed E-state index contributed by atoms with van der Waals surface area (Å²) in [6.45, 7) is 3.57. The van der Waals surface area contributed by atoms with E-state index in [0.717, 1.165) is 32.0 Å². The SMILES string of the molecule is CN(c1ccnc(N2CCN(c3ccccc3)CC2)n1)C1CCS(=O)(=O)C1. The van der Waals surface area contributed by atoms with E-state index in [1.807, 2.05) is 24.1 Å². The lowest BCUT2D eigenvalue weighted by Gasteiger charge is -2.36. The number of aromatic nitrogens is 2. The lowest BCUT2D eigenvalue weighted by Crippen LogP contribution is -2.47. The van der Waals surface area contributed by atoms with Crippen LogP contribution >= 0.6 is 0 Å². The zero-order chi connectivity index (χ0) is 18.9. The van der Waals surface area contributed by atoms with Gasteiger partial charge < -0.3 is 14.7 Å². The van der Waals surface area contributed by atoms with Crippen molar-refractivity contribution in [3.05, 3.63) is 42.6 Å². The fraction of sp³-hybridized carbons (Fsp3) is 0.474. The molecular formula is C19H25N5O2S. The van der Waals surface area contributed by atoms with Crippen molar-refractivity contribution in [3.63, 3.8) is 0 Å². The van der Waals surface area contributed by atoms with Crippen LogP contribution in [0.2, 0.25) is 0 Å². The number of nitrogens with zero attached hydrogens (tertiary/aromatic N) is 5. The van der Waals surface area contributed by atoms with E-state index in [2.05, 4.69) is 39.0 Å². The third-order valence-corrected chi connectivity index (χ3v) is 7.18. The molecule has 0 aliphatic carbocycles. The first-order valence-electron chi connectivity index (χ1n) is 9.33. The molecule has 2 fully saturated rings. The highest BCUT2D eigenvalue weighted by atomic mass is 32.2. The summed E-state index contributed by atoms with van der Waals surface area (Å²) in [7, 11) is -0.991. The van der Waals surface area contributed by atoms with Crippen molar-refractivity contribution in [2.45, 2.75) is 12.5 Å². The number of para-hydroxylation sites is 1. The minimum absolute atomic E-state index is 0.00678. The lowest BCUT2D eigenvalue weighted by molar-refractivity contribution is 0.600. The Kier molecular flexibility index (Phi) is 4.90. The second kappa shape index (κ2) is 7.34. The molecule has 4 rings (SSSR count). The molecule has 0 radical (unpaired) electrons. The summed E-state index contributed by atoms with van der Waals surface area (Å²) in [5.41, 5.74) is 1.24. The van der Waals surface area contributed by atoms with Crippen LogP contribution in [0.5, 0.6) is 0 Å². The van der Waals surface area contributed by atoms with Crippen molar-refractivity contribution in [2.75, 3.05) is 59.4 Å². The van der Waals surface area contributed by atoms with Gasteiger partial charge in [-0.15, -0.1) is 0 Å². The van der Waals surface area contributed by atoms with Crippen LogP contribution in [-0.4, -0.2) is 69.2 Å². The Balaban J connectivity index is 1.43. The molecule has 8 heteroatoms. The maximum atomic E-state index is 11.8. The molecule has 144 valence electrons. The van der Waals surface area contributed by atoms with Gasteiger partial charge in [-0.25, -0.2) is 13.4 Å². The highest BCUT2D eigenvalue weighted by molar-refractivity contribution is 7.91. The van der Waals surface area contributed by atoms with E-state index < -0.39 is 9.84 Å². The minimum Gasteiger partial charge on any atom is -0.368 e. The molecule has 1 aromatic heterocycles. The van der Waals surface area contributed by atoms with Gasteiger partial charge in [-0.1, -0.05) is 18.2 Å². The molecule has 0 saturated carbocycles. The quantitative estimate of drug-likeness (QED) is 0.786. The molecule has 0 bridgehead atoms. The Morgan fingerprint density at radius 3 is 2.41 bits per heavy atom. The summed E-state index contributed by atoms with van der Waals surface area (Å²) in [5.74, 6) is 1.97. The molecule has 1 unspecified atom stereocenters. The van der Waals surface area contributed by atoms with Gasteiger partial charge in [-0.2, -0.15) is 4.98 Å². The molecule has 2 aromatic rings. The largest absolute Gasteiger partial charge is 0.368 e. The number of hydrogen-bond acceptors (Lipinski definition) is 7. The fourth-order valence-electron chi connectivity index (χ4n) is 3.76. The van der Waals surface area contributed by atoms with Crippen molar-refractivity contribution in [1.82, 2.24) is 9.97 Å². The Morgan fingerprint density at radius 2 is 1.74 bits per heavy atom. The first-order valence-corrected chi connectivity index (χ1v) is 11.2. The zero-order valence-electron chi connectivity index (χ0n) is 15.5. The second-order valence-corrected chi connectivity index (χ2v) is 9.42. The lowest BCUT2D eigenvalue weighted by atomic mass is 10.2. The highest BCUT2D eigenvalue weighted by Crippen LogP contribution is 2.23. The van der Waals surface area contributed by atoms with Crippen molar-refractivity contribution in [3.8, 4) is 0 Å². The predicted molar refractivity (Wildman–Crippen MR) is 108 cm³/mol. The monoisotopic (exact) mass is 387 g/mol. The van der Waals surface area contributed by atoms with Crippen LogP contribution in [0.1, 0.15) is 6.42 Å². The first kappa shape index (κ1) is 18.0. The summed E-state index contributed by atoms with van der Waals surface area (Å²) in [6, 6.07) is 12.3. The van der Waals surface area contributed by atoms with Crippen molar-refractivity contribution < 1.29 is 8.42 Å². The van der Waals surface area contributed by atoms with E-state index in [9.17, 15) is 8.42 Å². The molecular weight excluding hydrogens is 362 g/mol. The molecule has 7 nitrogen and oxygen atoms in total. The Morgan fingerprint density at radius 1 is 1.04 bits per heavy atom. The van der Waals surface area contributed by atoms with Crippen molar-refractivity contribution in [1.29, 1.82) is 0 Å². The smallest absolute Gasteiger partial charge is 0.227 e.